The molecular weight excluding hydrogens is 428 g/mol. The summed E-state index contributed by atoms with van der Waals surface area (Å²) in [7, 11) is 0. The maximum absolute atomic E-state index is 5.90. The Bertz CT molecular complexity index is 781. The molecule has 2 fully saturated rings. The number of hydrogen-bond donors (Lipinski definition) is 0. The molecule has 0 radical (unpaired) electrons. The molecule has 2 aromatic rings. The summed E-state index contributed by atoms with van der Waals surface area (Å²) >= 11 is 0. The van der Waals surface area contributed by atoms with Gasteiger partial charge in [0, 0.05) is 0 Å². The summed E-state index contributed by atoms with van der Waals surface area (Å²) in [6.07, 6.45) is 9.84. The van der Waals surface area contributed by atoms with Gasteiger partial charge >= 0.3 is 0 Å². The zero-order valence-electron chi connectivity index (χ0n) is 23.7. The van der Waals surface area contributed by atoms with Gasteiger partial charge in [-0.2, -0.15) is 0 Å². The van der Waals surface area contributed by atoms with E-state index in [9.17, 15) is 0 Å². The quantitative estimate of drug-likeness (QED) is 0.337. The maximum atomic E-state index is 5.90. The molecule has 0 heterocycles. The lowest BCUT2D eigenvalue weighted by Crippen LogP contribution is -2.30. The average Bonchev–Trinajstić information content (AvgIpc) is 2.85. The number of ether oxygens (including phenoxy) is 2. The minimum atomic E-state index is 0.518. The molecule has 0 spiro atoms. The molecule has 2 aliphatic carbocycles. The van der Waals surface area contributed by atoms with Gasteiger partial charge < -0.3 is 9.47 Å². The fraction of sp³-hybridized carbons (Fsp3) is 0.636. The van der Waals surface area contributed by atoms with Crippen molar-refractivity contribution in [3.05, 3.63) is 70.8 Å². The molecule has 0 unspecified atom stereocenters. The van der Waals surface area contributed by atoms with Gasteiger partial charge in [-0.25, -0.2) is 0 Å². The predicted octanol–water partition coefficient (Wildman–Crippen LogP) is 9.50. The topological polar surface area (TPSA) is 18.5 Å². The number of benzene rings is 2. The van der Waals surface area contributed by atoms with Crippen LogP contribution in [0.1, 0.15) is 115 Å². The molecule has 0 saturated heterocycles. The second kappa shape index (κ2) is 16.2. The van der Waals surface area contributed by atoms with Crippen LogP contribution in [0.3, 0.4) is 0 Å². The van der Waals surface area contributed by atoms with Gasteiger partial charge in [0.1, 0.15) is 0 Å². The molecule has 0 N–H and O–H groups in total. The molecule has 2 aliphatic rings. The molecule has 0 bridgehead atoms. The Labute approximate surface area is 216 Å². The minimum absolute atomic E-state index is 0.518. The maximum Gasteiger partial charge on any atom is 0.0720 e. The molecule has 2 heteroatoms. The highest BCUT2D eigenvalue weighted by Crippen LogP contribution is 2.33. The van der Waals surface area contributed by atoms with E-state index in [1.165, 1.54) is 60.8 Å². The lowest BCUT2D eigenvalue weighted by atomic mass is 9.80. The highest BCUT2D eigenvalue weighted by molar-refractivity contribution is 5.24. The van der Waals surface area contributed by atoms with E-state index < -0.39 is 0 Å². The van der Waals surface area contributed by atoms with Crippen LogP contribution in [-0.2, 0) is 29.1 Å². The molecule has 196 valence electrons. The lowest BCUT2D eigenvalue weighted by Gasteiger charge is -2.34. The van der Waals surface area contributed by atoms with E-state index in [0.29, 0.717) is 18.1 Å². The first kappa shape index (κ1) is 29.6. The largest absolute Gasteiger partial charge is 0.374 e. The molecule has 4 rings (SSSR count). The van der Waals surface area contributed by atoms with Gasteiger partial charge in [-0.05, 0) is 72.1 Å². The van der Waals surface area contributed by atoms with Crippen LogP contribution in [0.25, 0.3) is 0 Å². The summed E-state index contributed by atoms with van der Waals surface area (Å²) in [6, 6.07) is 17.6. The van der Waals surface area contributed by atoms with E-state index in [1.54, 1.807) is 0 Å². The summed E-state index contributed by atoms with van der Waals surface area (Å²) in [4.78, 5) is 0. The normalized spacial score (nSPS) is 22.7. The van der Waals surface area contributed by atoms with Gasteiger partial charge in [-0.3, -0.25) is 0 Å². The van der Waals surface area contributed by atoms with Gasteiger partial charge in [0.15, 0.2) is 0 Å². The zero-order chi connectivity index (χ0) is 25.6. The summed E-state index contributed by atoms with van der Waals surface area (Å²) in [5.74, 6) is 2.46. The first-order valence-corrected chi connectivity index (χ1v) is 14.4. The lowest BCUT2D eigenvalue weighted by molar-refractivity contribution is -0.0409. The van der Waals surface area contributed by atoms with Crippen LogP contribution < -0.4 is 0 Å². The van der Waals surface area contributed by atoms with Gasteiger partial charge in [-0.1, -0.05) is 110 Å². The number of aryl methyl sites for hydroxylation is 1. The molecule has 35 heavy (non-hydrogen) atoms. The van der Waals surface area contributed by atoms with Crippen molar-refractivity contribution in [2.45, 2.75) is 125 Å². The number of hydrogen-bond acceptors (Lipinski definition) is 2. The van der Waals surface area contributed by atoms with Crippen molar-refractivity contribution in [2.75, 3.05) is 0 Å². The van der Waals surface area contributed by atoms with Crippen LogP contribution in [-0.4, -0.2) is 12.2 Å². The van der Waals surface area contributed by atoms with Crippen molar-refractivity contribution in [3.8, 4) is 0 Å². The fourth-order valence-electron chi connectivity index (χ4n) is 4.59. The van der Waals surface area contributed by atoms with Crippen molar-refractivity contribution in [1.82, 2.24) is 0 Å². The summed E-state index contributed by atoms with van der Waals surface area (Å²) < 4.78 is 11.8. The van der Waals surface area contributed by atoms with Crippen LogP contribution in [0, 0.1) is 11.8 Å². The predicted molar refractivity (Wildman–Crippen MR) is 151 cm³/mol. The SMILES string of the molecule is CC.CCC1CC(OCc2ccc(C(C)C)cc2)C1.CCc1ccc(COC2CC(CC)C2)cc1. The monoisotopic (exact) mass is 480 g/mol. The van der Waals surface area contributed by atoms with Crippen molar-refractivity contribution in [3.63, 3.8) is 0 Å². The Balaban J connectivity index is 0.000000231. The molecule has 2 saturated carbocycles. The highest BCUT2D eigenvalue weighted by Gasteiger charge is 2.28. The Morgan fingerprint density at radius 1 is 0.629 bits per heavy atom. The first-order chi connectivity index (χ1) is 17.0. The summed E-state index contributed by atoms with van der Waals surface area (Å²) in [5.41, 5.74) is 5.41. The molecule has 0 atom stereocenters. The van der Waals surface area contributed by atoms with Crippen molar-refractivity contribution in [2.24, 2.45) is 11.8 Å². The smallest absolute Gasteiger partial charge is 0.0720 e. The third kappa shape index (κ3) is 10.1. The first-order valence-electron chi connectivity index (χ1n) is 14.4. The highest BCUT2D eigenvalue weighted by atomic mass is 16.5. The third-order valence-electron chi connectivity index (χ3n) is 7.59. The Morgan fingerprint density at radius 3 is 1.34 bits per heavy atom. The summed E-state index contributed by atoms with van der Waals surface area (Å²) in [5, 5.41) is 0. The second-order valence-corrected chi connectivity index (χ2v) is 10.4. The van der Waals surface area contributed by atoms with Gasteiger partial charge in [-0.15, -0.1) is 0 Å². The number of rotatable bonds is 10. The Hall–Kier alpha value is -1.64. The molecule has 2 nitrogen and oxygen atoms in total. The van der Waals surface area contributed by atoms with Crippen LogP contribution in [0.5, 0.6) is 0 Å². The average molecular weight is 481 g/mol. The van der Waals surface area contributed by atoms with E-state index >= 15 is 0 Å². The van der Waals surface area contributed by atoms with E-state index in [1.807, 2.05) is 13.8 Å². The van der Waals surface area contributed by atoms with E-state index in [0.717, 1.165) is 31.5 Å². The van der Waals surface area contributed by atoms with Gasteiger partial charge in [0.2, 0.25) is 0 Å². The minimum Gasteiger partial charge on any atom is -0.374 e. The molecular formula is C33H52O2. The van der Waals surface area contributed by atoms with Crippen LogP contribution >= 0.6 is 0 Å². The van der Waals surface area contributed by atoms with Crippen LogP contribution in [0.15, 0.2) is 48.5 Å². The fourth-order valence-corrected chi connectivity index (χ4v) is 4.59. The Morgan fingerprint density at radius 2 is 1.00 bits per heavy atom. The van der Waals surface area contributed by atoms with Crippen molar-refractivity contribution in [1.29, 1.82) is 0 Å². The van der Waals surface area contributed by atoms with Gasteiger partial charge in [0.05, 0.1) is 25.4 Å². The Kier molecular flexibility index (Phi) is 13.7. The summed E-state index contributed by atoms with van der Waals surface area (Å²) in [6.45, 7) is 16.7. The van der Waals surface area contributed by atoms with Crippen LogP contribution in [0.2, 0.25) is 0 Å². The van der Waals surface area contributed by atoms with E-state index in [-0.39, 0.29) is 0 Å². The van der Waals surface area contributed by atoms with Crippen LogP contribution in [0.4, 0.5) is 0 Å². The van der Waals surface area contributed by atoms with Gasteiger partial charge in [0.25, 0.3) is 0 Å². The standard InChI is InChI=1S/C16H24O.C15H22O.C2H6/c1-4-13-9-16(10-13)17-11-14-5-7-15(8-6-14)12(2)3;1-3-12-5-7-14(8-6-12)11-16-15-9-13(4-2)10-15;1-2/h5-8,12-13,16H,4,9-11H2,1-3H3;5-8,13,15H,3-4,9-11H2,1-2H3;1-2H3. The molecule has 0 aliphatic heterocycles. The second-order valence-electron chi connectivity index (χ2n) is 10.4. The molecule has 0 aromatic heterocycles. The van der Waals surface area contributed by atoms with E-state index in [2.05, 4.69) is 83.1 Å². The molecule has 0 amide bonds. The van der Waals surface area contributed by atoms with E-state index in [4.69, 9.17) is 9.47 Å². The van der Waals surface area contributed by atoms with Crippen molar-refractivity contribution < 1.29 is 9.47 Å². The molecule has 2 aromatic carbocycles. The van der Waals surface area contributed by atoms with Crippen molar-refractivity contribution >= 4 is 0 Å². The zero-order valence-corrected chi connectivity index (χ0v) is 23.7. The third-order valence-corrected chi connectivity index (χ3v) is 7.59.